The molecular weight excluding hydrogens is 241 g/mol. The molecule has 0 amide bonds. The van der Waals surface area contributed by atoms with Gasteiger partial charge in [0.15, 0.2) is 0 Å². The fraction of sp³-hybridized carbons (Fsp3) is 0.133. The van der Waals surface area contributed by atoms with Crippen molar-refractivity contribution in [3.8, 4) is 11.4 Å². The van der Waals surface area contributed by atoms with Gasteiger partial charge < -0.3 is 10.7 Å². The maximum atomic E-state index is 13.9. The SMILES string of the molecule is Cc1cc(C)c2nc(-c3c(N)cccc3F)[nH]c2c1. The summed E-state index contributed by atoms with van der Waals surface area (Å²) in [6.07, 6.45) is 0. The number of H-pyrrole nitrogens is 1. The average molecular weight is 255 g/mol. The van der Waals surface area contributed by atoms with E-state index >= 15 is 0 Å². The Balaban J connectivity index is 2.30. The van der Waals surface area contributed by atoms with Gasteiger partial charge in [-0.2, -0.15) is 0 Å². The van der Waals surface area contributed by atoms with Gasteiger partial charge in [0.25, 0.3) is 0 Å². The molecule has 0 saturated carbocycles. The Morgan fingerprint density at radius 1 is 1.21 bits per heavy atom. The normalized spacial score (nSPS) is 11.1. The van der Waals surface area contributed by atoms with Gasteiger partial charge in [0.05, 0.1) is 16.6 Å². The van der Waals surface area contributed by atoms with Gasteiger partial charge in [0, 0.05) is 5.69 Å². The Morgan fingerprint density at radius 3 is 2.74 bits per heavy atom. The molecule has 4 heteroatoms. The zero-order valence-corrected chi connectivity index (χ0v) is 10.8. The second-order valence-electron chi connectivity index (χ2n) is 4.77. The van der Waals surface area contributed by atoms with Crippen LogP contribution < -0.4 is 5.73 Å². The van der Waals surface area contributed by atoms with E-state index in [9.17, 15) is 4.39 Å². The predicted octanol–water partition coefficient (Wildman–Crippen LogP) is 3.57. The van der Waals surface area contributed by atoms with Gasteiger partial charge >= 0.3 is 0 Å². The summed E-state index contributed by atoms with van der Waals surface area (Å²) < 4.78 is 13.9. The number of nitrogens with one attached hydrogen (secondary N) is 1. The number of rotatable bonds is 1. The number of nitrogens with zero attached hydrogens (tertiary/aromatic N) is 1. The van der Waals surface area contributed by atoms with Gasteiger partial charge in [-0.1, -0.05) is 12.1 Å². The molecule has 0 fully saturated rings. The number of nitrogens with two attached hydrogens (primary N) is 1. The van der Waals surface area contributed by atoms with Crippen LogP contribution >= 0.6 is 0 Å². The highest BCUT2D eigenvalue weighted by atomic mass is 19.1. The second kappa shape index (κ2) is 4.09. The van der Waals surface area contributed by atoms with Crippen molar-refractivity contribution in [3.63, 3.8) is 0 Å². The lowest BCUT2D eigenvalue weighted by Crippen LogP contribution is -1.94. The number of anilines is 1. The first kappa shape index (κ1) is 11.7. The van der Waals surface area contributed by atoms with Gasteiger partial charge in [0.2, 0.25) is 0 Å². The van der Waals surface area contributed by atoms with Crippen LogP contribution in [-0.4, -0.2) is 9.97 Å². The lowest BCUT2D eigenvalue weighted by Gasteiger charge is -2.02. The van der Waals surface area contributed by atoms with E-state index in [1.807, 2.05) is 19.9 Å². The molecule has 0 bridgehead atoms. The third kappa shape index (κ3) is 1.85. The summed E-state index contributed by atoms with van der Waals surface area (Å²) in [6.45, 7) is 4.01. The van der Waals surface area contributed by atoms with E-state index in [2.05, 4.69) is 16.0 Å². The number of nitrogen functional groups attached to an aromatic ring is 1. The topological polar surface area (TPSA) is 54.7 Å². The summed E-state index contributed by atoms with van der Waals surface area (Å²) in [5.41, 5.74) is 10.5. The van der Waals surface area contributed by atoms with Crippen LogP contribution in [0.5, 0.6) is 0 Å². The monoisotopic (exact) mass is 255 g/mol. The average Bonchev–Trinajstić information content (AvgIpc) is 2.72. The van der Waals surface area contributed by atoms with Crippen molar-refractivity contribution in [2.45, 2.75) is 13.8 Å². The van der Waals surface area contributed by atoms with Crippen molar-refractivity contribution >= 4 is 16.7 Å². The number of aryl methyl sites for hydroxylation is 2. The molecule has 3 N–H and O–H groups in total. The summed E-state index contributed by atoms with van der Waals surface area (Å²) in [6, 6.07) is 8.69. The van der Waals surface area contributed by atoms with Crippen molar-refractivity contribution in [1.29, 1.82) is 0 Å². The number of halogens is 1. The van der Waals surface area contributed by atoms with Gasteiger partial charge in [-0.3, -0.25) is 0 Å². The van der Waals surface area contributed by atoms with E-state index in [1.54, 1.807) is 12.1 Å². The summed E-state index contributed by atoms with van der Waals surface area (Å²) in [4.78, 5) is 7.61. The van der Waals surface area contributed by atoms with Gasteiger partial charge in [-0.05, 0) is 43.2 Å². The van der Waals surface area contributed by atoms with Gasteiger partial charge in [-0.15, -0.1) is 0 Å². The fourth-order valence-corrected chi connectivity index (χ4v) is 2.38. The molecule has 0 radical (unpaired) electrons. The van der Waals surface area contributed by atoms with Crippen LogP contribution in [0.25, 0.3) is 22.4 Å². The lowest BCUT2D eigenvalue weighted by atomic mass is 10.1. The van der Waals surface area contributed by atoms with Crippen LogP contribution in [0.15, 0.2) is 30.3 Å². The molecule has 1 heterocycles. The number of hydrogen-bond acceptors (Lipinski definition) is 2. The Bertz CT molecular complexity index is 754. The summed E-state index contributed by atoms with van der Waals surface area (Å²) in [5.74, 6) is 0.104. The summed E-state index contributed by atoms with van der Waals surface area (Å²) in [7, 11) is 0. The first-order valence-corrected chi connectivity index (χ1v) is 6.07. The summed E-state index contributed by atoms with van der Waals surface area (Å²) >= 11 is 0. The fourth-order valence-electron chi connectivity index (χ4n) is 2.38. The van der Waals surface area contributed by atoms with Crippen LogP contribution in [0.2, 0.25) is 0 Å². The lowest BCUT2D eigenvalue weighted by molar-refractivity contribution is 0.631. The highest BCUT2D eigenvalue weighted by Crippen LogP contribution is 2.29. The third-order valence-corrected chi connectivity index (χ3v) is 3.20. The second-order valence-corrected chi connectivity index (χ2v) is 4.77. The van der Waals surface area contributed by atoms with Crippen molar-refractivity contribution in [3.05, 3.63) is 47.3 Å². The molecule has 3 aromatic rings. The minimum atomic E-state index is -0.367. The van der Waals surface area contributed by atoms with Crippen LogP contribution in [0.1, 0.15) is 11.1 Å². The minimum Gasteiger partial charge on any atom is -0.398 e. The molecule has 0 aliphatic rings. The number of benzene rings is 2. The standard InChI is InChI=1S/C15H14FN3/c1-8-6-9(2)14-12(7-8)18-15(19-14)13-10(16)4-3-5-11(13)17/h3-7H,17H2,1-2H3,(H,18,19). The smallest absolute Gasteiger partial charge is 0.143 e. The van der Waals surface area contributed by atoms with E-state index in [1.165, 1.54) is 6.07 Å². The quantitative estimate of drug-likeness (QED) is 0.653. The first-order chi connectivity index (χ1) is 9.06. The Labute approximate surface area is 110 Å². The molecule has 3 nitrogen and oxygen atoms in total. The number of aromatic nitrogens is 2. The molecule has 0 aliphatic heterocycles. The molecule has 2 aromatic carbocycles. The molecule has 3 rings (SSSR count). The number of imidazole rings is 1. The van der Waals surface area contributed by atoms with E-state index in [4.69, 9.17) is 5.73 Å². The predicted molar refractivity (Wildman–Crippen MR) is 75.4 cm³/mol. The van der Waals surface area contributed by atoms with Gasteiger partial charge in [-0.25, -0.2) is 9.37 Å². The molecule has 1 aromatic heterocycles. The maximum Gasteiger partial charge on any atom is 0.143 e. The zero-order chi connectivity index (χ0) is 13.6. The molecule has 0 spiro atoms. The Morgan fingerprint density at radius 2 is 2.00 bits per heavy atom. The van der Waals surface area contributed by atoms with E-state index in [0.717, 1.165) is 22.2 Å². The molecule has 0 aliphatic carbocycles. The van der Waals surface area contributed by atoms with Crippen molar-refractivity contribution < 1.29 is 4.39 Å². The van der Waals surface area contributed by atoms with Crippen LogP contribution in [-0.2, 0) is 0 Å². The Kier molecular flexibility index (Phi) is 2.52. The highest BCUT2D eigenvalue weighted by Gasteiger charge is 2.14. The minimum absolute atomic E-state index is 0.329. The molecule has 19 heavy (non-hydrogen) atoms. The van der Waals surface area contributed by atoms with Crippen molar-refractivity contribution in [1.82, 2.24) is 9.97 Å². The van der Waals surface area contributed by atoms with Crippen LogP contribution in [0.4, 0.5) is 10.1 Å². The van der Waals surface area contributed by atoms with Crippen LogP contribution in [0, 0.1) is 19.7 Å². The highest BCUT2D eigenvalue weighted by molar-refractivity contribution is 5.85. The van der Waals surface area contributed by atoms with E-state index < -0.39 is 0 Å². The maximum absolute atomic E-state index is 13.9. The Hall–Kier alpha value is -2.36. The molecular formula is C15H14FN3. The van der Waals surface area contributed by atoms with Gasteiger partial charge in [0.1, 0.15) is 11.6 Å². The van der Waals surface area contributed by atoms with Crippen molar-refractivity contribution in [2.75, 3.05) is 5.73 Å². The number of hydrogen-bond donors (Lipinski definition) is 2. The molecule has 0 saturated heterocycles. The zero-order valence-electron chi connectivity index (χ0n) is 10.8. The van der Waals surface area contributed by atoms with E-state index in [-0.39, 0.29) is 5.82 Å². The largest absolute Gasteiger partial charge is 0.398 e. The third-order valence-electron chi connectivity index (χ3n) is 3.20. The molecule has 0 atom stereocenters. The van der Waals surface area contributed by atoms with Crippen LogP contribution in [0.3, 0.4) is 0 Å². The molecule has 96 valence electrons. The molecule has 0 unspecified atom stereocenters. The first-order valence-electron chi connectivity index (χ1n) is 6.07. The number of aromatic amines is 1. The summed E-state index contributed by atoms with van der Waals surface area (Å²) in [5, 5.41) is 0. The number of fused-ring (bicyclic) bond motifs is 1. The van der Waals surface area contributed by atoms with Crippen molar-refractivity contribution in [2.24, 2.45) is 0 Å². The van der Waals surface area contributed by atoms with E-state index in [0.29, 0.717) is 17.1 Å².